The third kappa shape index (κ3) is 3.01. The summed E-state index contributed by atoms with van der Waals surface area (Å²) in [5.74, 6) is -0.972. The molecule has 6 heteroatoms. The van der Waals surface area contributed by atoms with Crippen molar-refractivity contribution in [1.82, 2.24) is 15.3 Å². The van der Waals surface area contributed by atoms with Crippen molar-refractivity contribution < 1.29 is 14.7 Å². The van der Waals surface area contributed by atoms with Crippen molar-refractivity contribution in [3.8, 4) is 0 Å². The van der Waals surface area contributed by atoms with Crippen molar-refractivity contribution in [2.45, 2.75) is 26.3 Å². The Labute approximate surface area is 92.7 Å². The first-order valence-electron chi connectivity index (χ1n) is 4.87. The smallest absolute Gasteiger partial charge is 0.326 e. The second kappa shape index (κ2) is 5.20. The summed E-state index contributed by atoms with van der Waals surface area (Å²) in [7, 11) is 0. The van der Waals surface area contributed by atoms with Crippen LogP contribution in [0.5, 0.6) is 0 Å². The molecule has 86 valence electrons. The Hall–Kier alpha value is -1.98. The van der Waals surface area contributed by atoms with Crippen LogP contribution in [0.25, 0.3) is 0 Å². The molecule has 0 saturated heterocycles. The van der Waals surface area contributed by atoms with Gasteiger partial charge in [-0.25, -0.2) is 14.8 Å². The number of hydrogen-bond donors (Lipinski definition) is 2. The second-order valence-electron chi connectivity index (χ2n) is 3.29. The van der Waals surface area contributed by atoms with Gasteiger partial charge in [0.15, 0.2) is 0 Å². The molecule has 0 radical (unpaired) electrons. The Kier molecular flexibility index (Phi) is 3.93. The number of carboxylic acids is 1. The lowest BCUT2D eigenvalue weighted by Gasteiger charge is -2.11. The van der Waals surface area contributed by atoms with E-state index >= 15 is 0 Å². The predicted molar refractivity (Wildman–Crippen MR) is 56.0 cm³/mol. The minimum Gasteiger partial charge on any atom is -0.480 e. The highest BCUT2D eigenvalue weighted by Crippen LogP contribution is 1.98. The Bertz CT molecular complexity index is 389. The van der Waals surface area contributed by atoms with Gasteiger partial charge < -0.3 is 10.4 Å². The quantitative estimate of drug-likeness (QED) is 0.769. The topological polar surface area (TPSA) is 92.2 Å². The molecular weight excluding hydrogens is 210 g/mol. The molecule has 0 aliphatic carbocycles. The molecule has 0 saturated carbocycles. The number of amides is 1. The number of carbonyl (C=O) groups is 2. The van der Waals surface area contributed by atoms with Gasteiger partial charge in [-0.2, -0.15) is 0 Å². The van der Waals surface area contributed by atoms with Crippen LogP contribution in [-0.2, 0) is 4.79 Å². The Balaban J connectivity index is 2.71. The average molecular weight is 223 g/mol. The highest BCUT2D eigenvalue weighted by molar-refractivity contribution is 5.96. The first-order chi connectivity index (χ1) is 7.54. The maximum atomic E-state index is 11.6. The van der Waals surface area contributed by atoms with Gasteiger partial charge >= 0.3 is 5.97 Å². The normalized spacial score (nSPS) is 11.9. The number of nitrogens with one attached hydrogen (secondary N) is 1. The molecule has 1 unspecified atom stereocenters. The lowest BCUT2D eigenvalue weighted by atomic mass is 10.2. The van der Waals surface area contributed by atoms with Gasteiger partial charge in [-0.1, -0.05) is 6.92 Å². The van der Waals surface area contributed by atoms with E-state index in [-0.39, 0.29) is 5.56 Å². The van der Waals surface area contributed by atoms with Crippen LogP contribution in [0.3, 0.4) is 0 Å². The van der Waals surface area contributed by atoms with Gasteiger partial charge in [-0.05, 0) is 13.3 Å². The summed E-state index contributed by atoms with van der Waals surface area (Å²) in [6, 6.07) is -0.881. The molecule has 1 heterocycles. The van der Waals surface area contributed by atoms with Crippen LogP contribution in [0.1, 0.15) is 29.5 Å². The van der Waals surface area contributed by atoms with Crippen LogP contribution in [-0.4, -0.2) is 33.0 Å². The highest BCUT2D eigenvalue weighted by atomic mass is 16.4. The fourth-order valence-electron chi connectivity index (χ4n) is 1.09. The SMILES string of the molecule is CCC(NC(=O)c1cnc(C)nc1)C(=O)O. The summed E-state index contributed by atoms with van der Waals surface area (Å²) in [4.78, 5) is 30.0. The van der Waals surface area contributed by atoms with Crippen LogP contribution in [0, 0.1) is 6.92 Å². The lowest BCUT2D eigenvalue weighted by molar-refractivity contribution is -0.139. The Morgan fingerprint density at radius 2 is 2.00 bits per heavy atom. The summed E-state index contributed by atoms with van der Waals surface area (Å²) < 4.78 is 0. The number of aliphatic carboxylic acids is 1. The first-order valence-corrected chi connectivity index (χ1v) is 4.87. The van der Waals surface area contributed by atoms with E-state index in [9.17, 15) is 9.59 Å². The monoisotopic (exact) mass is 223 g/mol. The summed E-state index contributed by atoms with van der Waals surface area (Å²) in [5, 5.41) is 11.2. The van der Waals surface area contributed by atoms with Crippen LogP contribution < -0.4 is 5.32 Å². The number of nitrogens with zero attached hydrogens (tertiary/aromatic N) is 2. The molecule has 0 fully saturated rings. The van der Waals surface area contributed by atoms with Crippen molar-refractivity contribution in [1.29, 1.82) is 0 Å². The molecule has 0 bridgehead atoms. The molecule has 0 aromatic carbocycles. The fraction of sp³-hybridized carbons (Fsp3) is 0.400. The highest BCUT2D eigenvalue weighted by Gasteiger charge is 2.18. The van der Waals surface area contributed by atoms with E-state index in [0.717, 1.165) is 0 Å². The van der Waals surface area contributed by atoms with Crippen LogP contribution >= 0.6 is 0 Å². The van der Waals surface area contributed by atoms with Crippen molar-refractivity contribution in [3.63, 3.8) is 0 Å². The van der Waals surface area contributed by atoms with E-state index in [4.69, 9.17) is 5.11 Å². The third-order valence-electron chi connectivity index (χ3n) is 2.05. The fourth-order valence-corrected chi connectivity index (χ4v) is 1.09. The van der Waals surface area contributed by atoms with Gasteiger partial charge in [0.2, 0.25) is 0 Å². The molecule has 1 aromatic heterocycles. The van der Waals surface area contributed by atoms with Crippen molar-refractivity contribution in [2.75, 3.05) is 0 Å². The Morgan fingerprint density at radius 3 is 2.44 bits per heavy atom. The molecule has 0 aliphatic rings. The number of carboxylic acid groups (broad SMARTS) is 1. The van der Waals surface area contributed by atoms with E-state index in [1.54, 1.807) is 13.8 Å². The molecule has 1 atom stereocenters. The molecule has 16 heavy (non-hydrogen) atoms. The molecule has 0 aliphatic heterocycles. The molecule has 0 spiro atoms. The Morgan fingerprint density at radius 1 is 1.44 bits per heavy atom. The zero-order chi connectivity index (χ0) is 12.1. The number of aromatic nitrogens is 2. The van der Waals surface area contributed by atoms with Gasteiger partial charge in [-0.15, -0.1) is 0 Å². The van der Waals surface area contributed by atoms with Crippen LogP contribution in [0.2, 0.25) is 0 Å². The molecule has 1 amide bonds. The maximum Gasteiger partial charge on any atom is 0.326 e. The summed E-state index contributed by atoms with van der Waals surface area (Å²) in [6.07, 6.45) is 3.06. The van der Waals surface area contributed by atoms with Crippen molar-refractivity contribution >= 4 is 11.9 Å². The van der Waals surface area contributed by atoms with Gasteiger partial charge in [0.25, 0.3) is 5.91 Å². The van der Waals surface area contributed by atoms with E-state index in [1.807, 2.05) is 0 Å². The predicted octanol–water partition coefficient (Wildman–Crippen LogP) is 0.378. The third-order valence-corrected chi connectivity index (χ3v) is 2.05. The minimum atomic E-state index is -1.05. The lowest BCUT2D eigenvalue weighted by Crippen LogP contribution is -2.40. The number of rotatable bonds is 4. The molecule has 6 nitrogen and oxygen atoms in total. The van der Waals surface area contributed by atoms with E-state index in [1.165, 1.54) is 12.4 Å². The zero-order valence-electron chi connectivity index (χ0n) is 9.10. The minimum absolute atomic E-state index is 0.255. The second-order valence-corrected chi connectivity index (χ2v) is 3.29. The summed E-state index contributed by atoms with van der Waals surface area (Å²) >= 11 is 0. The van der Waals surface area contributed by atoms with E-state index < -0.39 is 17.9 Å². The van der Waals surface area contributed by atoms with Gasteiger partial charge in [0.05, 0.1) is 5.56 Å². The number of aryl methyl sites for hydroxylation is 1. The molecule has 1 rings (SSSR count). The van der Waals surface area contributed by atoms with Crippen molar-refractivity contribution in [2.24, 2.45) is 0 Å². The van der Waals surface area contributed by atoms with Gasteiger partial charge in [0.1, 0.15) is 11.9 Å². The number of carbonyl (C=O) groups excluding carboxylic acids is 1. The van der Waals surface area contributed by atoms with Crippen LogP contribution in [0.15, 0.2) is 12.4 Å². The average Bonchev–Trinajstić information content (AvgIpc) is 2.26. The van der Waals surface area contributed by atoms with Gasteiger partial charge in [-0.3, -0.25) is 4.79 Å². The first kappa shape index (κ1) is 12.1. The standard InChI is InChI=1S/C10H13N3O3/c1-3-8(10(15)16)13-9(14)7-4-11-6(2)12-5-7/h4-5,8H,3H2,1-2H3,(H,13,14)(H,15,16). The zero-order valence-corrected chi connectivity index (χ0v) is 9.10. The molecular formula is C10H13N3O3. The summed E-state index contributed by atoms with van der Waals surface area (Å²) in [6.45, 7) is 3.39. The largest absolute Gasteiger partial charge is 0.480 e. The number of hydrogen-bond acceptors (Lipinski definition) is 4. The van der Waals surface area contributed by atoms with E-state index in [2.05, 4.69) is 15.3 Å². The van der Waals surface area contributed by atoms with E-state index in [0.29, 0.717) is 12.2 Å². The maximum absolute atomic E-state index is 11.6. The van der Waals surface area contributed by atoms with Crippen LogP contribution in [0.4, 0.5) is 0 Å². The van der Waals surface area contributed by atoms with Crippen molar-refractivity contribution in [3.05, 3.63) is 23.8 Å². The van der Waals surface area contributed by atoms with Gasteiger partial charge in [0, 0.05) is 12.4 Å². The molecule has 1 aromatic rings. The molecule has 2 N–H and O–H groups in total. The summed E-state index contributed by atoms with van der Waals surface area (Å²) in [5.41, 5.74) is 0.255.